The van der Waals surface area contributed by atoms with Crippen LogP contribution in [0.5, 0.6) is 0 Å². The summed E-state index contributed by atoms with van der Waals surface area (Å²) in [5.41, 5.74) is 2.84. The summed E-state index contributed by atoms with van der Waals surface area (Å²) in [5.74, 6) is -0.360. The maximum Gasteiger partial charge on any atom is 0.225 e. The number of aromatic amines is 1. The van der Waals surface area contributed by atoms with Crippen molar-refractivity contribution in [3.63, 3.8) is 0 Å². The number of hydrogen-bond acceptors (Lipinski definition) is 2. The Morgan fingerprint density at radius 3 is 2.65 bits per heavy atom. The molecule has 26 heavy (non-hydrogen) atoms. The predicted molar refractivity (Wildman–Crippen MR) is 103 cm³/mol. The number of thiophene rings is 1. The fourth-order valence-electron chi connectivity index (χ4n) is 3.09. The van der Waals surface area contributed by atoms with E-state index >= 15 is 0 Å². The number of nitrogens with one attached hydrogen (secondary N) is 2. The van der Waals surface area contributed by atoms with Crippen molar-refractivity contribution in [2.75, 3.05) is 0 Å². The molecular formula is C21H17FN2OS. The van der Waals surface area contributed by atoms with Gasteiger partial charge in [-0.15, -0.1) is 11.3 Å². The van der Waals surface area contributed by atoms with Gasteiger partial charge >= 0.3 is 0 Å². The van der Waals surface area contributed by atoms with Gasteiger partial charge in [0.1, 0.15) is 5.82 Å². The summed E-state index contributed by atoms with van der Waals surface area (Å²) in [4.78, 5) is 16.9. The van der Waals surface area contributed by atoms with Crippen LogP contribution < -0.4 is 5.32 Å². The Morgan fingerprint density at radius 2 is 1.88 bits per heavy atom. The van der Waals surface area contributed by atoms with Crippen molar-refractivity contribution in [3.8, 4) is 0 Å². The van der Waals surface area contributed by atoms with E-state index in [4.69, 9.17) is 0 Å². The lowest BCUT2D eigenvalue weighted by Gasteiger charge is -2.18. The molecule has 0 unspecified atom stereocenters. The molecule has 0 spiro atoms. The van der Waals surface area contributed by atoms with E-state index < -0.39 is 0 Å². The smallest absolute Gasteiger partial charge is 0.225 e. The topological polar surface area (TPSA) is 44.9 Å². The summed E-state index contributed by atoms with van der Waals surface area (Å²) >= 11 is 1.57. The first-order chi connectivity index (χ1) is 12.7. The van der Waals surface area contributed by atoms with Gasteiger partial charge in [-0.3, -0.25) is 4.79 Å². The lowest BCUT2D eigenvalue weighted by Crippen LogP contribution is -2.30. The monoisotopic (exact) mass is 364 g/mol. The van der Waals surface area contributed by atoms with E-state index in [1.165, 1.54) is 12.1 Å². The molecule has 4 aromatic rings. The second-order valence-corrected chi connectivity index (χ2v) is 7.08. The Bertz CT molecular complexity index is 1020. The van der Waals surface area contributed by atoms with E-state index in [1.54, 1.807) is 23.5 Å². The molecule has 0 aliphatic heterocycles. The van der Waals surface area contributed by atoms with Crippen LogP contribution in [-0.4, -0.2) is 10.9 Å². The van der Waals surface area contributed by atoms with E-state index in [0.717, 1.165) is 26.9 Å². The number of rotatable bonds is 5. The first kappa shape index (κ1) is 16.5. The van der Waals surface area contributed by atoms with Gasteiger partial charge in [-0.25, -0.2) is 4.39 Å². The predicted octanol–water partition coefficient (Wildman–Crippen LogP) is 4.82. The number of benzene rings is 2. The molecule has 3 nitrogen and oxygen atoms in total. The summed E-state index contributed by atoms with van der Waals surface area (Å²) < 4.78 is 13.3. The van der Waals surface area contributed by atoms with Crippen LogP contribution in [0.1, 0.15) is 22.0 Å². The molecule has 0 radical (unpaired) electrons. The highest BCUT2D eigenvalue weighted by Gasteiger charge is 2.19. The number of hydrogen-bond donors (Lipinski definition) is 2. The van der Waals surface area contributed by atoms with Crippen LogP contribution in [0.2, 0.25) is 0 Å². The summed E-state index contributed by atoms with van der Waals surface area (Å²) in [6, 6.07) is 17.8. The van der Waals surface area contributed by atoms with E-state index in [0.29, 0.717) is 0 Å². The zero-order chi connectivity index (χ0) is 17.9. The molecule has 1 amide bonds. The first-order valence-electron chi connectivity index (χ1n) is 8.34. The van der Waals surface area contributed by atoms with Crippen LogP contribution in [0.25, 0.3) is 10.9 Å². The second kappa shape index (κ2) is 7.14. The van der Waals surface area contributed by atoms with Gasteiger partial charge in [0.05, 0.1) is 12.5 Å². The van der Waals surface area contributed by atoms with Gasteiger partial charge in [0.25, 0.3) is 0 Å². The van der Waals surface area contributed by atoms with Crippen LogP contribution in [0.15, 0.2) is 72.2 Å². The number of carbonyl (C=O) groups is 1. The molecule has 1 atom stereocenters. The van der Waals surface area contributed by atoms with E-state index in [2.05, 4.69) is 10.3 Å². The van der Waals surface area contributed by atoms with Crippen molar-refractivity contribution in [1.29, 1.82) is 0 Å². The number of para-hydroxylation sites is 1. The number of H-pyrrole nitrogens is 1. The van der Waals surface area contributed by atoms with Crippen LogP contribution in [0, 0.1) is 5.82 Å². The van der Waals surface area contributed by atoms with Gasteiger partial charge in [-0.05, 0) is 40.8 Å². The Kier molecular flexibility index (Phi) is 4.54. The third-order valence-corrected chi connectivity index (χ3v) is 5.30. The molecule has 0 aliphatic rings. The molecule has 4 rings (SSSR count). The summed E-state index contributed by atoms with van der Waals surface area (Å²) in [5, 5.41) is 6.12. The maximum atomic E-state index is 13.3. The van der Waals surface area contributed by atoms with Crippen LogP contribution >= 0.6 is 11.3 Å². The number of fused-ring (bicyclic) bond motifs is 1. The molecular weight excluding hydrogens is 347 g/mol. The van der Waals surface area contributed by atoms with Gasteiger partial charge in [0.2, 0.25) is 5.91 Å². The Morgan fingerprint density at radius 1 is 1.08 bits per heavy atom. The fraction of sp³-hybridized carbons (Fsp3) is 0.0952. The van der Waals surface area contributed by atoms with Crippen molar-refractivity contribution in [1.82, 2.24) is 10.3 Å². The zero-order valence-electron chi connectivity index (χ0n) is 13.9. The van der Waals surface area contributed by atoms with Crippen LogP contribution in [-0.2, 0) is 11.2 Å². The number of amides is 1. The van der Waals surface area contributed by atoms with Crippen molar-refractivity contribution < 1.29 is 9.18 Å². The zero-order valence-corrected chi connectivity index (χ0v) is 14.7. The molecule has 130 valence electrons. The average Bonchev–Trinajstić information content (AvgIpc) is 3.31. The van der Waals surface area contributed by atoms with Crippen molar-refractivity contribution in [2.24, 2.45) is 0 Å². The van der Waals surface area contributed by atoms with Gasteiger partial charge < -0.3 is 10.3 Å². The number of aromatic nitrogens is 1. The van der Waals surface area contributed by atoms with Gasteiger partial charge in [-0.2, -0.15) is 0 Å². The quantitative estimate of drug-likeness (QED) is 0.524. The molecule has 0 aliphatic carbocycles. The molecule has 2 N–H and O–H groups in total. The first-order valence-corrected chi connectivity index (χ1v) is 9.22. The number of carbonyl (C=O) groups excluding carboxylic acids is 1. The average molecular weight is 364 g/mol. The minimum Gasteiger partial charge on any atom is -0.361 e. The lowest BCUT2D eigenvalue weighted by molar-refractivity contribution is -0.120. The lowest BCUT2D eigenvalue weighted by atomic mass is 10.0. The van der Waals surface area contributed by atoms with Gasteiger partial charge in [0, 0.05) is 22.0 Å². The molecule has 0 saturated carbocycles. The minimum atomic E-state index is -0.288. The second-order valence-electron chi connectivity index (χ2n) is 6.10. The highest BCUT2D eigenvalue weighted by Crippen LogP contribution is 2.27. The summed E-state index contributed by atoms with van der Waals surface area (Å²) in [6.07, 6.45) is 2.16. The Labute approximate surface area is 154 Å². The highest BCUT2D eigenvalue weighted by atomic mass is 32.1. The van der Waals surface area contributed by atoms with E-state index in [1.807, 2.05) is 48.0 Å². The highest BCUT2D eigenvalue weighted by molar-refractivity contribution is 7.10. The molecule has 0 fully saturated rings. The maximum absolute atomic E-state index is 13.3. The molecule has 2 aromatic heterocycles. The normalized spacial score (nSPS) is 12.2. The van der Waals surface area contributed by atoms with Crippen molar-refractivity contribution in [3.05, 3.63) is 94.1 Å². The van der Waals surface area contributed by atoms with Gasteiger partial charge in [0.15, 0.2) is 0 Å². The Hall–Kier alpha value is -2.92. The van der Waals surface area contributed by atoms with Crippen molar-refractivity contribution in [2.45, 2.75) is 12.5 Å². The molecule has 0 bridgehead atoms. The third-order valence-electron chi connectivity index (χ3n) is 4.36. The molecule has 2 aromatic carbocycles. The summed E-state index contributed by atoms with van der Waals surface area (Å²) in [7, 11) is 0. The molecule has 2 heterocycles. The standard InChI is InChI=1S/C21H17FN2OS/c22-16-9-7-14(8-10-16)21(19-6-3-11-26-19)24-20(25)12-15-13-23-18-5-2-1-4-17(15)18/h1-11,13,21,23H,12H2,(H,24,25)/t21-/m1/s1. The van der Waals surface area contributed by atoms with Crippen molar-refractivity contribution >= 4 is 28.1 Å². The number of halogens is 1. The SMILES string of the molecule is O=C(Cc1c[nH]c2ccccc12)N[C@H](c1ccc(F)cc1)c1cccs1. The summed E-state index contributed by atoms with van der Waals surface area (Å²) in [6.45, 7) is 0. The van der Waals surface area contributed by atoms with Crippen LogP contribution in [0.3, 0.4) is 0 Å². The molecule has 0 saturated heterocycles. The fourth-order valence-corrected chi connectivity index (χ4v) is 3.89. The van der Waals surface area contributed by atoms with E-state index in [9.17, 15) is 9.18 Å². The largest absolute Gasteiger partial charge is 0.361 e. The Balaban J connectivity index is 1.57. The van der Waals surface area contributed by atoms with E-state index in [-0.39, 0.29) is 24.2 Å². The van der Waals surface area contributed by atoms with Gasteiger partial charge in [-0.1, -0.05) is 36.4 Å². The van der Waals surface area contributed by atoms with Crippen LogP contribution in [0.4, 0.5) is 4.39 Å². The minimum absolute atomic E-state index is 0.0718. The molecule has 5 heteroatoms. The third kappa shape index (κ3) is 3.39.